The summed E-state index contributed by atoms with van der Waals surface area (Å²) >= 11 is 0. The van der Waals surface area contributed by atoms with Crippen molar-refractivity contribution < 1.29 is 14.3 Å². The van der Waals surface area contributed by atoms with Gasteiger partial charge in [0.15, 0.2) is 11.5 Å². The second kappa shape index (κ2) is 8.40. The fourth-order valence-electron chi connectivity index (χ4n) is 3.62. The van der Waals surface area contributed by atoms with Crippen LogP contribution in [0.2, 0.25) is 0 Å². The van der Waals surface area contributed by atoms with Gasteiger partial charge in [-0.05, 0) is 24.3 Å². The van der Waals surface area contributed by atoms with Crippen LogP contribution in [0.3, 0.4) is 0 Å². The fraction of sp³-hybridized carbons (Fsp3) is 0.333. The number of para-hydroxylation sites is 1. The zero-order valence-electron chi connectivity index (χ0n) is 16.7. The predicted octanol–water partition coefficient (Wildman–Crippen LogP) is 2.70. The third kappa shape index (κ3) is 3.97. The molecule has 2 aromatic heterocycles. The Morgan fingerprint density at radius 1 is 1.07 bits per heavy atom. The van der Waals surface area contributed by atoms with Gasteiger partial charge in [-0.1, -0.05) is 12.1 Å². The molecule has 4 rings (SSSR count). The summed E-state index contributed by atoms with van der Waals surface area (Å²) in [6.45, 7) is 3.75. The van der Waals surface area contributed by atoms with Crippen LogP contribution in [-0.4, -0.2) is 65.6 Å². The van der Waals surface area contributed by atoms with Gasteiger partial charge < -0.3 is 24.1 Å². The van der Waals surface area contributed by atoms with E-state index >= 15 is 0 Å². The van der Waals surface area contributed by atoms with E-state index in [1.165, 1.54) is 0 Å². The molecule has 3 heterocycles. The van der Waals surface area contributed by atoms with Crippen molar-refractivity contribution in [1.82, 2.24) is 19.2 Å². The number of pyridine rings is 1. The van der Waals surface area contributed by atoms with Crippen molar-refractivity contribution in [2.75, 3.05) is 45.7 Å². The Morgan fingerprint density at radius 3 is 2.66 bits per heavy atom. The predicted molar refractivity (Wildman–Crippen MR) is 111 cm³/mol. The lowest BCUT2D eigenvalue weighted by Gasteiger charge is -2.34. The molecule has 29 heavy (non-hydrogen) atoms. The van der Waals surface area contributed by atoms with Gasteiger partial charge in [-0.25, -0.2) is 9.78 Å². The number of methoxy groups -OCH3 is 2. The number of nitrogens with one attached hydrogen (secondary N) is 1. The van der Waals surface area contributed by atoms with Gasteiger partial charge in [0, 0.05) is 38.9 Å². The second-order valence-corrected chi connectivity index (χ2v) is 6.91. The minimum absolute atomic E-state index is 0.133. The maximum Gasteiger partial charge on any atom is 0.322 e. The van der Waals surface area contributed by atoms with Gasteiger partial charge in [0.2, 0.25) is 0 Å². The lowest BCUT2D eigenvalue weighted by molar-refractivity contribution is 0.142. The van der Waals surface area contributed by atoms with E-state index in [0.29, 0.717) is 30.3 Å². The van der Waals surface area contributed by atoms with Gasteiger partial charge in [0.25, 0.3) is 0 Å². The molecule has 1 aromatic carbocycles. The normalized spacial score (nSPS) is 14.8. The van der Waals surface area contributed by atoms with Crippen LogP contribution in [0.15, 0.2) is 48.8 Å². The Bertz CT molecular complexity index is 995. The van der Waals surface area contributed by atoms with Gasteiger partial charge >= 0.3 is 6.03 Å². The van der Waals surface area contributed by atoms with E-state index in [-0.39, 0.29) is 6.03 Å². The lowest BCUT2D eigenvalue weighted by atomic mass is 10.2. The molecule has 152 valence electrons. The summed E-state index contributed by atoms with van der Waals surface area (Å²) in [4.78, 5) is 21.3. The first-order chi connectivity index (χ1) is 14.2. The number of anilines is 1. The lowest BCUT2D eigenvalue weighted by Crippen LogP contribution is -2.49. The van der Waals surface area contributed by atoms with E-state index in [0.717, 1.165) is 31.0 Å². The highest BCUT2D eigenvalue weighted by Gasteiger charge is 2.23. The number of ether oxygens (including phenoxy) is 2. The number of piperazine rings is 1. The van der Waals surface area contributed by atoms with Crippen LogP contribution in [0.25, 0.3) is 5.65 Å². The Morgan fingerprint density at radius 2 is 1.90 bits per heavy atom. The summed E-state index contributed by atoms with van der Waals surface area (Å²) in [5.74, 6) is 1.11. The fourth-order valence-corrected chi connectivity index (χ4v) is 3.62. The third-order valence-electron chi connectivity index (χ3n) is 5.18. The second-order valence-electron chi connectivity index (χ2n) is 6.91. The van der Waals surface area contributed by atoms with Crippen LogP contribution >= 0.6 is 0 Å². The molecule has 0 atom stereocenters. The van der Waals surface area contributed by atoms with E-state index < -0.39 is 0 Å². The number of carbonyl (C=O) groups is 1. The van der Waals surface area contributed by atoms with Crippen LogP contribution in [-0.2, 0) is 6.54 Å². The number of fused-ring (bicyclic) bond motifs is 1. The zero-order chi connectivity index (χ0) is 20.2. The number of amides is 2. The number of urea groups is 1. The average Bonchev–Trinajstić information content (AvgIpc) is 3.17. The minimum atomic E-state index is -0.133. The van der Waals surface area contributed by atoms with Crippen molar-refractivity contribution >= 4 is 17.4 Å². The SMILES string of the molecule is COc1cccc(NC(=O)N2CCN(Cc3cnc4ccccn34)CC2)c1OC. The number of imidazole rings is 1. The third-order valence-corrected chi connectivity index (χ3v) is 5.18. The first-order valence-corrected chi connectivity index (χ1v) is 9.60. The highest BCUT2D eigenvalue weighted by atomic mass is 16.5. The van der Waals surface area contributed by atoms with Gasteiger partial charge in [-0.15, -0.1) is 0 Å². The first-order valence-electron chi connectivity index (χ1n) is 9.60. The summed E-state index contributed by atoms with van der Waals surface area (Å²) in [5, 5.41) is 2.94. The Hall–Kier alpha value is -3.26. The van der Waals surface area contributed by atoms with Crippen molar-refractivity contribution in [3.8, 4) is 11.5 Å². The number of hydrogen-bond acceptors (Lipinski definition) is 5. The number of aromatic nitrogens is 2. The van der Waals surface area contributed by atoms with Crippen LogP contribution in [0, 0.1) is 0 Å². The zero-order valence-corrected chi connectivity index (χ0v) is 16.7. The van der Waals surface area contributed by atoms with Gasteiger partial charge in [-0.3, -0.25) is 4.90 Å². The average molecular weight is 395 g/mol. The number of benzene rings is 1. The van der Waals surface area contributed by atoms with E-state index in [4.69, 9.17) is 9.47 Å². The van der Waals surface area contributed by atoms with Gasteiger partial charge in [-0.2, -0.15) is 0 Å². The molecule has 8 heteroatoms. The van der Waals surface area contributed by atoms with Crippen molar-refractivity contribution in [2.45, 2.75) is 6.54 Å². The Kier molecular flexibility index (Phi) is 5.53. The Labute approximate surface area is 169 Å². The topological polar surface area (TPSA) is 71.3 Å². The molecule has 0 aliphatic carbocycles. The van der Waals surface area contributed by atoms with Crippen molar-refractivity contribution in [3.05, 3.63) is 54.5 Å². The summed E-state index contributed by atoms with van der Waals surface area (Å²) < 4.78 is 12.8. The highest BCUT2D eigenvalue weighted by Crippen LogP contribution is 2.34. The summed E-state index contributed by atoms with van der Waals surface area (Å²) in [6.07, 6.45) is 3.95. The molecule has 3 aromatic rings. The number of hydrogen-bond donors (Lipinski definition) is 1. The van der Waals surface area contributed by atoms with E-state index in [1.54, 1.807) is 26.4 Å². The largest absolute Gasteiger partial charge is 0.493 e. The van der Waals surface area contributed by atoms with Crippen molar-refractivity contribution in [3.63, 3.8) is 0 Å². The van der Waals surface area contributed by atoms with Crippen molar-refractivity contribution in [1.29, 1.82) is 0 Å². The van der Waals surface area contributed by atoms with Crippen LogP contribution in [0.5, 0.6) is 11.5 Å². The minimum Gasteiger partial charge on any atom is -0.493 e. The smallest absolute Gasteiger partial charge is 0.322 e. The quantitative estimate of drug-likeness (QED) is 0.719. The van der Waals surface area contributed by atoms with Crippen LogP contribution in [0.4, 0.5) is 10.5 Å². The standard InChI is InChI=1S/C21H25N5O3/c1-28-18-7-5-6-17(20(18)29-2)23-21(27)25-12-10-24(11-13-25)15-16-14-22-19-8-3-4-9-26(16)19/h3-9,14H,10-13,15H2,1-2H3,(H,23,27). The monoisotopic (exact) mass is 395 g/mol. The van der Waals surface area contributed by atoms with Crippen LogP contribution < -0.4 is 14.8 Å². The number of carbonyl (C=O) groups excluding carboxylic acids is 1. The molecular formula is C21H25N5O3. The molecule has 2 amide bonds. The molecule has 1 N–H and O–H groups in total. The van der Waals surface area contributed by atoms with E-state index in [2.05, 4.69) is 19.6 Å². The van der Waals surface area contributed by atoms with Crippen LogP contribution in [0.1, 0.15) is 5.69 Å². The maximum absolute atomic E-state index is 12.7. The molecule has 0 radical (unpaired) electrons. The molecule has 1 fully saturated rings. The van der Waals surface area contributed by atoms with Gasteiger partial charge in [0.05, 0.1) is 31.8 Å². The molecule has 8 nitrogen and oxygen atoms in total. The van der Waals surface area contributed by atoms with Gasteiger partial charge in [0.1, 0.15) is 5.65 Å². The number of rotatable bonds is 5. The first kappa shape index (κ1) is 19.1. The van der Waals surface area contributed by atoms with E-state index in [1.807, 2.05) is 41.6 Å². The summed E-state index contributed by atoms with van der Waals surface area (Å²) in [5.41, 5.74) is 2.71. The molecule has 1 aliphatic heterocycles. The Balaban J connectivity index is 1.35. The maximum atomic E-state index is 12.7. The highest BCUT2D eigenvalue weighted by molar-refractivity contribution is 5.91. The molecular weight excluding hydrogens is 370 g/mol. The molecule has 0 unspecified atom stereocenters. The van der Waals surface area contributed by atoms with E-state index in [9.17, 15) is 4.79 Å². The molecule has 0 bridgehead atoms. The molecule has 0 saturated carbocycles. The number of nitrogens with zero attached hydrogens (tertiary/aromatic N) is 4. The molecule has 1 saturated heterocycles. The summed E-state index contributed by atoms with van der Waals surface area (Å²) in [6, 6.07) is 11.3. The molecule has 1 aliphatic rings. The summed E-state index contributed by atoms with van der Waals surface area (Å²) in [7, 11) is 3.14. The molecule has 0 spiro atoms. The van der Waals surface area contributed by atoms with Crippen molar-refractivity contribution in [2.24, 2.45) is 0 Å².